The molecule has 1 rings (SSSR count). The van der Waals surface area contributed by atoms with Gasteiger partial charge in [0.2, 0.25) is 0 Å². The lowest BCUT2D eigenvalue weighted by Crippen LogP contribution is -2.06. The van der Waals surface area contributed by atoms with E-state index >= 15 is 0 Å². The fourth-order valence-electron chi connectivity index (χ4n) is 1.38. The number of hydrogen-bond acceptors (Lipinski definition) is 4. The molecule has 0 aliphatic heterocycles. The molecular formula is C11H14N2O4. The van der Waals surface area contributed by atoms with Gasteiger partial charge < -0.3 is 10.2 Å². The Morgan fingerprint density at radius 1 is 1.18 bits per heavy atom. The second kappa shape index (κ2) is 5.93. The Kier molecular flexibility index (Phi) is 4.56. The summed E-state index contributed by atoms with van der Waals surface area (Å²) >= 11 is 0. The molecule has 0 atom stereocenters. The molecule has 0 aliphatic rings. The summed E-state index contributed by atoms with van der Waals surface area (Å²) in [5.74, 6) is -1.75. The van der Waals surface area contributed by atoms with Crippen molar-refractivity contribution in [3.8, 4) is 0 Å². The van der Waals surface area contributed by atoms with Crippen molar-refractivity contribution in [2.45, 2.75) is 32.6 Å². The van der Waals surface area contributed by atoms with Crippen molar-refractivity contribution in [1.82, 2.24) is 9.97 Å². The van der Waals surface area contributed by atoms with E-state index in [0.29, 0.717) is 29.9 Å². The Labute approximate surface area is 98.3 Å². The minimum atomic E-state index is -0.876. The molecule has 0 fully saturated rings. The summed E-state index contributed by atoms with van der Waals surface area (Å²) in [4.78, 5) is 29.1. The summed E-state index contributed by atoms with van der Waals surface area (Å²) in [5.41, 5.74) is 1.92. The third-order valence-corrected chi connectivity index (χ3v) is 2.27. The normalized spacial score (nSPS) is 10.2. The van der Waals surface area contributed by atoms with E-state index in [4.69, 9.17) is 10.2 Å². The maximum Gasteiger partial charge on any atom is 0.303 e. The van der Waals surface area contributed by atoms with Gasteiger partial charge in [-0.1, -0.05) is 0 Å². The van der Waals surface area contributed by atoms with Crippen molar-refractivity contribution in [2.24, 2.45) is 0 Å². The number of rotatable bonds is 6. The average Bonchev–Trinajstić information content (AvgIpc) is 2.24. The van der Waals surface area contributed by atoms with Crippen LogP contribution in [0, 0.1) is 6.92 Å². The molecule has 92 valence electrons. The first kappa shape index (κ1) is 13.1. The van der Waals surface area contributed by atoms with Crippen LogP contribution < -0.4 is 0 Å². The van der Waals surface area contributed by atoms with Gasteiger partial charge in [0.25, 0.3) is 0 Å². The van der Waals surface area contributed by atoms with E-state index in [1.54, 1.807) is 6.92 Å². The van der Waals surface area contributed by atoms with Crippen LogP contribution in [0.2, 0.25) is 0 Å². The highest BCUT2D eigenvalue weighted by Crippen LogP contribution is 2.07. The summed E-state index contributed by atoms with van der Waals surface area (Å²) in [6.07, 6.45) is 2.22. The summed E-state index contributed by atoms with van der Waals surface area (Å²) in [6.45, 7) is 1.74. The van der Waals surface area contributed by atoms with Gasteiger partial charge >= 0.3 is 11.9 Å². The Morgan fingerprint density at radius 3 is 2.29 bits per heavy atom. The zero-order valence-corrected chi connectivity index (χ0v) is 9.51. The second-order valence-electron chi connectivity index (χ2n) is 3.68. The van der Waals surface area contributed by atoms with Gasteiger partial charge in [-0.05, 0) is 6.92 Å². The molecule has 0 unspecified atom stereocenters. The lowest BCUT2D eigenvalue weighted by molar-refractivity contribution is -0.138. The lowest BCUT2D eigenvalue weighted by atomic mass is 10.2. The van der Waals surface area contributed by atoms with Gasteiger partial charge in [0.1, 0.15) is 0 Å². The zero-order chi connectivity index (χ0) is 12.8. The topological polar surface area (TPSA) is 100 Å². The van der Waals surface area contributed by atoms with Crippen molar-refractivity contribution in [2.75, 3.05) is 0 Å². The molecule has 6 heteroatoms. The van der Waals surface area contributed by atoms with Crippen LogP contribution in [0.5, 0.6) is 0 Å². The number of carboxylic acid groups (broad SMARTS) is 2. The number of carbonyl (C=O) groups is 2. The minimum absolute atomic E-state index is 0.0165. The van der Waals surface area contributed by atoms with Gasteiger partial charge in [-0.25, -0.2) is 0 Å². The number of aliphatic carboxylic acids is 2. The molecule has 0 bridgehead atoms. The second-order valence-corrected chi connectivity index (χ2v) is 3.68. The molecule has 0 spiro atoms. The van der Waals surface area contributed by atoms with E-state index < -0.39 is 11.9 Å². The molecule has 0 aromatic carbocycles. The first-order valence-corrected chi connectivity index (χ1v) is 5.24. The van der Waals surface area contributed by atoms with Crippen molar-refractivity contribution < 1.29 is 19.8 Å². The van der Waals surface area contributed by atoms with Crippen LogP contribution in [0.3, 0.4) is 0 Å². The maximum atomic E-state index is 10.4. The molecule has 1 aromatic rings. The monoisotopic (exact) mass is 238 g/mol. The van der Waals surface area contributed by atoms with Crippen LogP contribution in [0.15, 0.2) is 6.20 Å². The Bertz CT molecular complexity index is 431. The summed E-state index contributed by atoms with van der Waals surface area (Å²) < 4.78 is 0. The van der Waals surface area contributed by atoms with Gasteiger partial charge in [-0.15, -0.1) is 0 Å². The summed E-state index contributed by atoms with van der Waals surface area (Å²) in [6, 6.07) is 0. The molecule has 17 heavy (non-hydrogen) atoms. The quantitative estimate of drug-likeness (QED) is 0.760. The molecule has 0 amide bonds. The van der Waals surface area contributed by atoms with Crippen LogP contribution in [0.4, 0.5) is 0 Å². The first-order chi connectivity index (χ1) is 7.99. The van der Waals surface area contributed by atoms with Crippen LogP contribution in [0.25, 0.3) is 0 Å². The highest BCUT2D eigenvalue weighted by molar-refractivity contribution is 5.67. The molecule has 1 heterocycles. The van der Waals surface area contributed by atoms with E-state index in [1.807, 2.05) is 0 Å². The largest absolute Gasteiger partial charge is 0.481 e. The molecule has 0 saturated carbocycles. The minimum Gasteiger partial charge on any atom is -0.481 e. The zero-order valence-electron chi connectivity index (χ0n) is 9.51. The number of aromatic nitrogens is 2. The molecule has 1 aromatic heterocycles. The van der Waals surface area contributed by atoms with E-state index in [-0.39, 0.29) is 12.8 Å². The van der Waals surface area contributed by atoms with Gasteiger partial charge in [-0.2, -0.15) is 0 Å². The number of aryl methyl sites for hydroxylation is 3. The molecular weight excluding hydrogens is 224 g/mol. The van der Waals surface area contributed by atoms with Gasteiger partial charge in [-0.3, -0.25) is 19.6 Å². The van der Waals surface area contributed by atoms with Crippen LogP contribution >= 0.6 is 0 Å². The fraction of sp³-hybridized carbons (Fsp3) is 0.455. The average molecular weight is 238 g/mol. The highest BCUT2D eigenvalue weighted by Gasteiger charge is 2.07. The molecule has 2 N–H and O–H groups in total. The Morgan fingerprint density at radius 2 is 1.76 bits per heavy atom. The fourth-order valence-corrected chi connectivity index (χ4v) is 1.38. The predicted molar refractivity (Wildman–Crippen MR) is 58.7 cm³/mol. The van der Waals surface area contributed by atoms with Crippen molar-refractivity contribution >= 4 is 11.9 Å². The summed E-state index contributed by atoms with van der Waals surface area (Å²) in [5, 5.41) is 17.1. The molecule has 0 aliphatic carbocycles. The summed E-state index contributed by atoms with van der Waals surface area (Å²) in [7, 11) is 0. The van der Waals surface area contributed by atoms with Crippen LogP contribution in [-0.4, -0.2) is 32.1 Å². The van der Waals surface area contributed by atoms with E-state index in [9.17, 15) is 9.59 Å². The highest BCUT2D eigenvalue weighted by atomic mass is 16.4. The first-order valence-electron chi connectivity index (χ1n) is 5.24. The maximum absolute atomic E-state index is 10.4. The Hall–Kier alpha value is -1.98. The molecule has 6 nitrogen and oxygen atoms in total. The SMILES string of the molecule is Cc1nc(CCC(=O)O)cnc1CCC(=O)O. The third kappa shape index (κ3) is 4.58. The van der Waals surface area contributed by atoms with E-state index in [2.05, 4.69) is 9.97 Å². The van der Waals surface area contributed by atoms with Gasteiger partial charge in [0, 0.05) is 19.0 Å². The predicted octanol–water partition coefficient (Wildman–Crippen LogP) is 0.819. The third-order valence-electron chi connectivity index (χ3n) is 2.27. The van der Waals surface area contributed by atoms with E-state index in [0.717, 1.165) is 0 Å². The lowest BCUT2D eigenvalue weighted by Gasteiger charge is -2.04. The molecule has 0 saturated heterocycles. The Balaban J connectivity index is 2.65. The molecule has 0 radical (unpaired) electrons. The number of carboxylic acids is 2. The smallest absolute Gasteiger partial charge is 0.303 e. The van der Waals surface area contributed by atoms with Crippen molar-refractivity contribution in [3.63, 3.8) is 0 Å². The van der Waals surface area contributed by atoms with Gasteiger partial charge in [0.15, 0.2) is 0 Å². The van der Waals surface area contributed by atoms with Gasteiger partial charge in [0.05, 0.1) is 29.9 Å². The van der Waals surface area contributed by atoms with Crippen LogP contribution in [0.1, 0.15) is 29.9 Å². The van der Waals surface area contributed by atoms with E-state index in [1.165, 1.54) is 6.20 Å². The van der Waals surface area contributed by atoms with Crippen molar-refractivity contribution in [3.05, 3.63) is 23.3 Å². The standard InChI is InChI=1S/C11H14N2O4/c1-7-9(3-5-11(16)17)12-6-8(13-7)2-4-10(14)15/h6H,2-5H2,1H3,(H,14,15)(H,16,17). The van der Waals surface area contributed by atoms with Crippen LogP contribution in [-0.2, 0) is 22.4 Å². The number of nitrogens with zero attached hydrogens (tertiary/aromatic N) is 2. The van der Waals surface area contributed by atoms with Crippen molar-refractivity contribution in [1.29, 1.82) is 0 Å². The number of hydrogen-bond donors (Lipinski definition) is 2.